The lowest BCUT2D eigenvalue weighted by atomic mass is 10.2. The standard InChI is InChI=1S/C10H13O/c1-2-3-4-5-6-7-8-9-10-11/h2-6H2,1H3. The second kappa shape index (κ2) is 8.92. The van der Waals surface area contributed by atoms with Gasteiger partial charge in [0.15, 0.2) is 6.11 Å². The summed E-state index contributed by atoms with van der Waals surface area (Å²) in [6.45, 7) is 2.18. The highest BCUT2D eigenvalue weighted by molar-refractivity contribution is 5.23. The Morgan fingerprint density at radius 3 is 2.55 bits per heavy atom. The molecule has 0 aromatic rings. The van der Waals surface area contributed by atoms with E-state index in [2.05, 4.69) is 24.7 Å². The molecule has 0 aromatic heterocycles. The Labute approximate surface area is 68.8 Å². The fourth-order valence-electron chi connectivity index (χ4n) is 0.772. The summed E-state index contributed by atoms with van der Waals surface area (Å²) < 4.78 is 0. The van der Waals surface area contributed by atoms with Crippen LogP contribution in [-0.4, -0.2) is 0 Å². The molecule has 0 atom stereocenters. The minimum atomic E-state index is 0.870. The van der Waals surface area contributed by atoms with Crippen molar-refractivity contribution in [2.24, 2.45) is 0 Å². The molecule has 0 N–H and O–H groups in total. The molecule has 0 saturated carbocycles. The number of hydrogen-bond acceptors (Lipinski definition) is 0. The van der Waals surface area contributed by atoms with E-state index in [1.165, 1.54) is 25.4 Å². The van der Waals surface area contributed by atoms with Gasteiger partial charge in [-0.25, -0.2) is 5.11 Å². The molecule has 0 aliphatic rings. The molecule has 0 saturated heterocycles. The molecule has 0 amide bonds. The summed E-state index contributed by atoms with van der Waals surface area (Å²) in [4.78, 5) is 0. The largest absolute Gasteiger partial charge is 0.223 e. The lowest BCUT2D eigenvalue weighted by molar-refractivity contribution is 0.392. The normalized spacial score (nSPS) is 7.36. The van der Waals surface area contributed by atoms with Crippen molar-refractivity contribution in [1.82, 2.24) is 0 Å². The van der Waals surface area contributed by atoms with E-state index in [0.717, 1.165) is 12.8 Å². The average molecular weight is 149 g/mol. The smallest absolute Gasteiger partial charge is 0.186 e. The van der Waals surface area contributed by atoms with Crippen LogP contribution in [0.1, 0.15) is 39.0 Å². The molecular weight excluding hydrogens is 136 g/mol. The summed E-state index contributed by atoms with van der Waals surface area (Å²) in [5.74, 6) is 7.48. The summed E-state index contributed by atoms with van der Waals surface area (Å²) in [5.41, 5.74) is 0. The molecule has 59 valence electrons. The van der Waals surface area contributed by atoms with Crippen molar-refractivity contribution in [3.8, 4) is 23.9 Å². The van der Waals surface area contributed by atoms with Crippen LogP contribution in [0, 0.1) is 23.9 Å². The van der Waals surface area contributed by atoms with E-state index in [1.54, 1.807) is 0 Å². The fraction of sp³-hybridized carbons (Fsp3) is 0.600. The predicted molar refractivity (Wildman–Crippen MR) is 45.0 cm³/mol. The number of hydrogen-bond donors (Lipinski definition) is 0. The van der Waals surface area contributed by atoms with Gasteiger partial charge in [-0.1, -0.05) is 32.1 Å². The lowest BCUT2D eigenvalue weighted by Gasteiger charge is -1.90. The van der Waals surface area contributed by atoms with Crippen molar-refractivity contribution in [3.63, 3.8) is 0 Å². The van der Waals surface area contributed by atoms with Crippen molar-refractivity contribution in [2.75, 3.05) is 0 Å². The van der Waals surface area contributed by atoms with E-state index in [-0.39, 0.29) is 0 Å². The first-order chi connectivity index (χ1) is 5.41. The van der Waals surface area contributed by atoms with Crippen LogP contribution in [0.5, 0.6) is 0 Å². The van der Waals surface area contributed by atoms with Gasteiger partial charge in [-0.2, -0.15) is 0 Å². The molecule has 0 aliphatic carbocycles. The molecule has 0 bridgehead atoms. The number of unbranched alkanes of at least 4 members (excludes halogenated alkanes) is 4. The van der Waals surface area contributed by atoms with Crippen molar-refractivity contribution in [2.45, 2.75) is 39.0 Å². The van der Waals surface area contributed by atoms with Gasteiger partial charge >= 0.3 is 0 Å². The second-order valence-electron chi connectivity index (χ2n) is 2.34. The Bertz CT molecular complexity index is 184. The van der Waals surface area contributed by atoms with E-state index in [0.29, 0.717) is 0 Å². The van der Waals surface area contributed by atoms with E-state index >= 15 is 0 Å². The van der Waals surface area contributed by atoms with E-state index < -0.39 is 0 Å². The maximum atomic E-state index is 9.60. The predicted octanol–water partition coefficient (Wildman–Crippen LogP) is 2.35. The van der Waals surface area contributed by atoms with Crippen LogP contribution in [0.3, 0.4) is 0 Å². The third kappa shape index (κ3) is 8.92. The molecular formula is C10H13O. The molecule has 0 aliphatic heterocycles. The van der Waals surface area contributed by atoms with Gasteiger partial charge in [-0.15, -0.1) is 0 Å². The summed E-state index contributed by atoms with van der Waals surface area (Å²) in [5, 5.41) is 9.60. The zero-order chi connectivity index (χ0) is 8.36. The molecule has 0 fully saturated rings. The number of rotatable bonds is 4. The Hall–Kier alpha value is -1.08. The molecule has 0 rings (SSSR count). The van der Waals surface area contributed by atoms with Crippen molar-refractivity contribution in [1.29, 1.82) is 0 Å². The summed E-state index contributed by atoms with van der Waals surface area (Å²) in [6.07, 6.45) is 7.24. The van der Waals surface area contributed by atoms with Crippen molar-refractivity contribution in [3.05, 3.63) is 0 Å². The van der Waals surface area contributed by atoms with Crippen LogP contribution in [0.4, 0.5) is 0 Å². The summed E-state index contributed by atoms with van der Waals surface area (Å²) in [7, 11) is 0. The van der Waals surface area contributed by atoms with Crippen LogP contribution >= 0.6 is 0 Å². The summed E-state index contributed by atoms with van der Waals surface area (Å²) >= 11 is 0. The molecule has 0 unspecified atom stereocenters. The highest BCUT2D eigenvalue weighted by Crippen LogP contribution is 2.00. The lowest BCUT2D eigenvalue weighted by Crippen LogP contribution is -1.73. The second-order valence-corrected chi connectivity index (χ2v) is 2.34. The van der Waals surface area contributed by atoms with Crippen LogP contribution < -0.4 is 0 Å². The van der Waals surface area contributed by atoms with Gasteiger partial charge in [0.2, 0.25) is 0 Å². The van der Waals surface area contributed by atoms with Crippen LogP contribution in [0.2, 0.25) is 0 Å². The SMILES string of the molecule is CCCCCCC#CC#C[O]. The van der Waals surface area contributed by atoms with Gasteiger partial charge in [-0.3, -0.25) is 0 Å². The highest BCUT2D eigenvalue weighted by Gasteiger charge is 1.82. The van der Waals surface area contributed by atoms with Gasteiger partial charge in [0.1, 0.15) is 0 Å². The first-order valence-electron chi connectivity index (χ1n) is 4.01. The average Bonchev–Trinajstić information content (AvgIpc) is 2.03. The van der Waals surface area contributed by atoms with Gasteiger partial charge in [0.25, 0.3) is 0 Å². The fourth-order valence-corrected chi connectivity index (χ4v) is 0.772. The molecule has 0 heterocycles. The Kier molecular flexibility index (Phi) is 8.04. The third-order valence-corrected chi connectivity index (χ3v) is 1.36. The molecule has 1 heteroatoms. The van der Waals surface area contributed by atoms with Crippen molar-refractivity contribution < 1.29 is 5.11 Å². The third-order valence-electron chi connectivity index (χ3n) is 1.36. The molecule has 11 heavy (non-hydrogen) atoms. The van der Waals surface area contributed by atoms with Gasteiger partial charge in [-0.05, 0) is 12.3 Å². The van der Waals surface area contributed by atoms with Crippen LogP contribution in [0.15, 0.2) is 0 Å². The quantitative estimate of drug-likeness (QED) is 0.432. The van der Waals surface area contributed by atoms with Crippen LogP contribution in [0.25, 0.3) is 0 Å². The molecule has 0 spiro atoms. The minimum Gasteiger partial charge on any atom is -0.223 e. The van der Waals surface area contributed by atoms with Gasteiger partial charge in [0.05, 0.1) is 0 Å². The molecule has 1 radical (unpaired) electrons. The van der Waals surface area contributed by atoms with E-state index in [9.17, 15) is 5.11 Å². The van der Waals surface area contributed by atoms with E-state index in [4.69, 9.17) is 0 Å². The van der Waals surface area contributed by atoms with Crippen molar-refractivity contribution >= 4 is 0 Å². The van der Waals surface area contributed by atoms with Gasteiger partial charge < -0.3 is 0 Å². The highest BCUT2D eigenvalue weighted by atomic mass is 16.2. The van der Waals surface area contributed by atoms with Crippen LogP contribution in [-0.2, 0) is 5.11 Å². The monoisotopic (exact) mass is 149 g/mol. The first-order valence-corrected chi connectivity index (χ1v) is 4.01. The zero-order valence-corrected chi connectivity index (χ0v) is 6.94. The summed E-state index contributed by atoms with van der Waals surface area (Å²) in [6, 6.07) is 0. The zero-order valence-electron chi connectivity index (χ0n) is 6.94. The first kappa shape index (κ1) is 9.92. The maximum Gasteiger partial charge on any atom is 0.186 e. The Balaban J connectivity index is 3.13. The molecule has 0 aromatic carbocycles. The minimum absolute atomic E-state index is 0.870. The topological polar surface area (TPSA) is 19.9 Å². The maximum absolute atomic E-state index is 9.60. The Morgan fingerprint density at radius 1 is 1.09 bits per heavy atom. The molecule has 1 nitrogen and oxygen atoms in total. The van der Waals surface area contributed by atoms with E-state index in [1.807, 2.05) is 0 Å². The Morgan fingerprint density at radius 2 is 1.91 bits per heavy atom. The van der Waals surface area contributed by atoms with Gasteiger partial charge in [0, 0.05) is 12.3 Å².